The summed E-state index contributed by atoms with van der Waals surface area (Å²) < 4.78 is 5.35. The van der Waals surface area contributed by atoms with Crippen molar-refractivity contribution in [3.8, 4) is 0 Å². The van der Waals surface area contributed by atoms with Gasteiger partial charge in [0.2, 0.25) is 0 Å². The minimum absolute atomic E-state index is 0.348. The van der Waals surface area contributed by atoms with E-state index in [-0.39, 0.29) is 6.09 Å². The van der Waals surface area contributed by atoms with Crippen molar-refractivity contribution >= 4 is 17.7 Å². The second-order valence-electron chi connectivity index (χ2n) is 5.55. The molecule has 0 radical (unpaired) electrons. The number of carbonyl (C=O) groups excluding carboxylic acids is 1. The third-order valence-electron chi connectivity index (χ3n) is 2.75. The largest absolute Gasteiger partial charge is 0.444 e. The van der Waals surface area contributed by atoms with E-state index in [4.69, 9.17) is 16.3 Å². The highest BCUT2D eigenvalue weighted by molar-refractivity contribution is 6.30. The highest BCUT2D eigenvalue weighted by atomic mass is 35.5. The molecule has 6 heteroatoms. The first kappa shape index (κ1) is 14.1. The first-order valence-corrected chi connectivity index (χ1v) is 6.70. The van der Waals surface area contributed by atoms with Gasteiger partial charge in [0.15, 0.2) is 0 Å². The monoisotopic (exact) mass is 283 g/mol. The van der Waals surface area contributed by atoms with Crippen LogP contribution in [0.4, 0.5) is 4.79 Å². The number of amides is 1. The number of hydrogen-bond donors (Lipinski definition) is 0. The SMILES string of the molecule is CCc1nc(Cl)c2c(n1)CN(C(=O)OC(C)(C)C)C2. The third kappa shape index (κ3) is 3.15. The average Bonchev–Trinajstić information content (AvgIpc) is 2.71. The van der Waals surface area contributed by atoms with Crippen LogP contribution in [0.5, 0.6) is 0 Å². The quantitative estimate of drug-likeness (QED) is 0.744. The Balaban J connectivity index is 2.16. The number of halogens is 1. The first-order valence-electron chi connectivity index (χ1n) is 6.32. The lowest BCUT2D eigenvalue weighted by Crippen LogP contribution is -2.33. The van der Waals surface area contributed by atoms with E-state index in [1.165, 1.54) is 0 Å². The molecular formula is C13H18ClN3O2. The van der Waals surface area contributed by atoms with Crippen LogP contribution >= 0.6 is 11.6 Å². The number of carbonyl (C=O) groups is 1. The van der Waals surface area contributed by atoms with Crippen LogP contribution in [0, 0.1) is 0 Å². The van der Waals surface area contributed by atoms with E-state index in [1.54, 1.807) is 4.90 Å². The van der Waals surface area contributed by atoms with Crippen LogP contribution in [-0.2, 0) is 24.2 Å². The van der Waals surface area contributed by atoms with Crippen LogP contribution in [0.2, 0.25) is 5.15 Å². The third-order valence-corrected chi connectivity index (χ3v) is 3.06. The summed E-state index contributed by atoms with van der Waals surface area (Å²) in [5, 5.41) is 0.438. The lowest BCUT2D eigenvalue weighted by molar-refractivity contribution is 0.0240. The molecule has 2 rings (SSSR count). The molecule has 0 unspecified atom stereocenters. The maximum atomic E-state index is 12.0. The maximum Gasteiger partial charge on any atom is 0.410 e. The van der Waals surface area contributed by atoms with Gasteiger partial charge in [-0.25, -0.2) is 14.8 Å². The summed E-state index contributed by atoms with van der Waals surface area (Å²) in [7, 11) is 0. The van der Waals surface area contributed by atoms with Crippen molar-refractivity contribution in [2.75, 3.05) is 0 Å². The van der Waals surface area contributed by atoms with Crippen LogP contribution in [0.1, 0.15) is 44.8 Å². The second kappa shape index (κ2) is 4.96. The molecule has 19 heavy (non-hydrogen) atoms. The lowest BCUT2D eigenvalue weighted by atomic mass is 10.2. The summed E-state index contributed by atoms with van der Waals surface area (Å²) in [6, 6.07) is 0. The molecule has 0 saturated carbocycles. The number of aryl methyl sites for hydroxylation is 1. The number of hydrogen-bond acceptors (Lipinski definition) is 4. The van der Waals surface area contributed by atoms with Gasteiger partial charge in [0.25, 0.3) is 0 Å². The number of fused-ring (bicyclic) bond motifs is 1. The Bertz CT molecular complexity index is 511. The van der Waals surface area contributed by atoms with E-state index >= 15 is 0 Å². The van der Waals surface area contributed by atoms with Gasteiger partial charge in [0, 0.05) is 12.0 Å². The molecular weight excluding hydrogens is 266 g/mol. The van der Waals surface area contributed by atoms with Crippen LogP contribution in [0.3, 0.4) is 0 Å². The molecule has 0 bridgehead atoms. The van der Waals surface area contributed by atoms with E-state index in [0.29, 0.717) is 24.1 Å². The first-order chi connectivity index (χ1) is 8.80. The standard InChI is InChI=1S/C13H18ClN3O2/c1-5-10-15-9-7-17(6-8(9)11(14)16-10)12(18)19-13(2,3)4/h5-7H2,1-4H3. The van der Waals surface area contributed by atoms with Crippen molar-refractivity contribution in [3.63, 3.8) is 0 Å². The zero-order valence-electron chi connectivity index (χ0n) is 11.7. The minimum atomic E-state index is -0.504. The molecule has 1 aliphatic heterocycles. The van der Waals surface area contributed by atoms with E-state index in [1.807, 2.05) is 27.7 Å². The molecule has 0 fully saturated rings. The van der Waals surface area contributed by atoms with Gasteiger partial charge in [-0.2, -0.15) is 0 Å². The topological polar surface area (TPSA) is 55.3 Å². The molecule has 1 aromatic heterocycles. The van der Waals surface area contributed by atoms with Crippen LogP contribution in [-0.4, -0.2) is 26.6 Å². The van der Waals surface area contributed by atoms with E-state index in [2.05, 4.69) is 9.97 Å². The fourth-order valence-corrected chi connectivity index (χ4v) is 2.14. The summed E-state index contributed by atoms with van der Waals surface area (Å²) in [5.41, 5.74) is 1.14. The van der Waals surface area contributed by atoms with Gasteiger partial charge in [-0.1, -0.05) is 18.5 Å². The molecule has 1 aromatic rings. The van der Waals surface area contributed by atoms with Gasteiger partial charge in [0.05, 0.1) is 18.8 Å². The van der Waals surface area contributed by atoms with Gasteiger partial charge in [-0.15, -0.1) is 0 Å². The maximum absolute atomic E-state index is 12.0. The molecule has 0 N–H and O–H groups in total. The molecule has 5 nitrogen and oxygen atoms in total. The van der Waals surface area contributed by atoms with Gasteiger partial charge in [-0.3, -0.25) is 4.90 Å². The average molecular weight is 284 g/mol. The van der Waals surface area contributed by atoms with E-state index in [9.17, 15) is 4.79 Å². The lowest BCUT2D eigenvalue weighted by Gasteiger charge is -2.23. The minimum Gasteiger partial charge on any atom is -0.444 e. The number of aromatic nitrogens is 2. The Kier molecular flexibility index (Phi) is 3.67. The predicted octanol–water partition coefficient (Wildman–Crippen LogP) is 2.94. The van der Waals surface area contributed by atoms with Gasteiger partial charge in [-0.05, 0) is 20.8 Å². The molecule has 0 aromatic carbocycles. The fraction of sp³-hybridized carbons (Fsp3) is 0.615. The Morgan fingerprint density at radius 1 is 1.37 bits per heavy atom. The summed E-state index contributed by atoms with van der Waals surface area (Å²) in [6.45, 7) is 8.34. The van der Waals surface area contributed by atoms with Crippen molar-refractivity contribution in [2.45, 2.75) is 52.8 Å². The van der Waals surface area contributed by atoms with Crippen LogP contribution < -0.4 is 0 Å². The smallest absolute Gasteiger partial charge is 0.410 e. The van der Waals surface area contributed by atoms with Crippen molar-refractivity contribution in [1.29, 1.82) is 0 Å². The van der Waals surface area contributed by atoms with Crippen molar-refractivity contribution in [3.05, 3.63) is 22.2 Å². The van der Waals surface area contributed by atoms with Crippen LogP contribution in [0.25, 0.3) is 0 Å². The zero-order chi connectivity index (χ0) is 14.2. The molecule has 1 amide bonds. The predicted molar refractivity (Wildman–Crippen MR) is 71.9 cm³/mol. The molecule has 0 aliphatic carbocycles. The molecule has 0 spiro atoms. The van der Waals surface area contributed by atoms with E-state index in [0.717, 1.165) is 17.7 Å². The zero-order valence-corrected chi connectivity index (χ0v) is 12.4. The van der Waals surface area contributed by atoms with Gasteiger partial charge in [0.1, 0.15) is 16.6 Å². The van der Waals surface area contributed by atoms with Gasteiger partial charge < -0.3 is 4.74 Å². The Morgan fingerprint density at radius 2 is 2.05 bits per heavy atom. The molecule has 0 saturated heterocycles. The Hall–Kier alpha value is -1.36. The summed E-state index contributed by atoms with van der Waals surface area (Å²) in [6.07, 6.45) is 0.374. The van der Waals surface area contributed by atoms with Crippen molar-refractivity contribution in [1.82, 2.24) is 14.9 Å². The summed E-state index contributed by atoms with van der Waals surface area (Å²) in [5.74, 6) is 0.704. The number of nitrogens with zero attached hydrogens (tertiary/aromatic N) is 3. The fourth-order valence-electron chi connectivity index (χ4n) is 1.88. The number of rotatable bonds is 1. The van der Waals surface area contributed by atoms with Crippen LogP contribution in [0.15, 0.2) is 0 Å². The molecule has 104 valence electrons. The molecule has 2 heterocycles. The normalized spacial score (nSPS) is 14.5. The van der Waals surface area contributed by atoms with Crippen molar-refractivity contribution in [2.24, 2.45) is 0 Å². The van der Waals surface area contributed by atoms with E-state index < -0.39 is 5.60 Å². The molecule has 1 aliphatic rings. The Morgan fingerprint density at radius 3 is 2.63 bits per heavy atom. The van der Waals surface area contributed by atoms with Crippen molar-refractivity contribution < 1.29 is 9.53 Å². The highest BCUT2D eigenvalue weighted by Crippen LogP contribution is 2.28. The second-order valence-corrected chi connectivity index (χ2v) is 5.90. The highest BCUT2D eigenvalue weighted by Gasteiger charge is 2.30. The summed E-state index contributed by atoms with van der Waals surface area (Å²) in [4.78, 5) is 22.2. The molecule has 0 atom stereocenters. The summed E-state index contributed by atoms with van der Waals surface area (Å²) >= 11 is 6.13. The Labute approximate surface area is 117 Å². The van der Waals surface area contributed by atoms with Gasteiger partial charge >= 0.3 is 6.09 Å². The number of ether oxygens (including phenoxy) is 1.